The van der Waals surface area contributed by atoms with Crippen LogP contribution in [0.25, 0.3) is 0 Å². The SMILES string of the molecule is CCOc1ccc(CNC(C)COC)cc1OC. The molecule has 102 valence electrons. The first-order chi connectivity index (χ1) is 8.71. The molecular weight excluding hydrogens is 230 g/mol. The maximum Gasteiger partial charge on any atom is 0.161 e. The molecule has 1 N–H and O–H groups in total. The number of nitrogens with one attached hydrogen (secondary N) is 1. The van der Waals surface area contributed by atoms with E-state index in [2.05, 4.69) is 12.2 Å². The first kappa shape index (κ1) is 14.8. The van der Waals surface area contributed by atoms with Gasteiger partial charge < -0.3 is 19.5 Å². The van der Waals surface area contributed by atoms with E-state index in [1.54, 1.807) is 14.2 Å². The fourth-order valence-corrected chi connectivity index (χ4v) is 1.70. The molecule has 1 aromatic carbocycles. The molecule has 4 heteroatoms. The lowest BCUT2D eigenvalue weighted by atomic mass is 10.2. The summed E-state index contributed by atoms with van der Waals surface area (Å²) in [7, 11) is 3.36. The van der Waals surface area contributed by atoms with Gasteiger partial charge in [-0.25, -0.2) is 0 Å². The Labute approximate surface area is 109 Å². The van der Waals surface area contributed by atoms with Crippen LogP contribution in [0.15, 0.2) is 18.2 Å². The monoisotopic (exact) mass is 253 g/mol. The molecule has 1 atom stereocenters. The van der Waals surface area contributed by atoms with Crippen LogP contribution in [-0.4, -0.2) is 33.5 Å². The second kappa shape index (κ2) is 7.95. The molecule has 0 bridgehead atoms. The molecule has 0 aliphatic heterocycles. The standard InChI is InChI=1S/C14H23NO3/c1-5-18-13-7-6-12(8-14(13)17-4)9-15-11(2)10-16-3/h6-8,11,15H,5,9-10H2,1-4H3. The highest BCUT2D eigenvalue weighted by Crippen LogP contribution is 2.27. The predicted molar refractivity (Wildman–Crippen MR) is 72.3 cm³/mol. The Balaban J connectivity index is 2.61. The van der Waals surface area contributed by atoms with Gasteiger partial charge in [0.05, 0.1) is 20.3 Å². The van der Waals surface area contributed by atoms with E-state index in [0.717, 1.165) is 18.0 Å². The van der Waals surface area contributed by atoms with Crippen LogP contribution in [0.5, 0.6) is 11.5 Å². The summed E-state index contributed by atoms with van der Waals surface area (Å²) in [5.41, 5.74) is 1.17. The minimum atomic E-state index is 0.326. The van der Waals surface area contributed by atoms with Gasteiger partial charge in [0.15, 0.2) is 11.5 Å². The number of ether oxygens (including phenoxy) is 3. The Bertz CT molecular complexity index is 355. The zero-order valence-corrected chi connectivity index (χ0v) is 11.7. The zero-order valence-electron chi connectivity index (χ0n) is 11.7. The molecule has 1 rings (SSSR count). The van der Waals surface area contributed by atoms with E-state index in [1.165, 1.54) is 5.56 Å². The molecule has 0 spiro atoms. The predicted octanol–water partition coefficient (Wildman–Crippen LogP) is 2.22. The first-order valence-electron chi connectivity index (χ1n) is 6.23. The molecule has 0 saturated heterocycles. The van der Waals surface area contributed by atoms with E-state index >= 15 is 0 Å². The first-order valence-corrected chi connectivity index (χ1v) is 6.23. The fraction of sp³-hybridized carbons (Fsp3) is 0.571. The topological polar surface area (TPSA) is 39.7 Å². The normalized spacial score (nSPS) is 12.2. The second-order valence-electron chi connectivity index (χ2n) is 4.16. The summed E-state index contributed by atoms with van der Waals surface area (Å²) in [4.78, 5) is 0. The number of benzene rings is 1. The van der Waals surface area contributed by atoms with Crippen LogP contribution in [0.4, 0.5) is 0 Å². The smallest absolute Gasteiger partial charge is 0.161 e. The van der Waals surface area contributed by atoms with E-state index in [4.69, 9.17) is 14.2 Å². The zero-order chi connectivity index (χ0) is 13.4. The van der Waals surface area contributed by atoms with E-state index in [0.29, 0.717) is 19.3 Å². The molecule has 4 nitrogen and oxygen atoms in total. The Morgan fingerprint density at radius 3 is 2.61 bits per heavy atom. The summed E-state index contributed by atoms with van der Waals surface area (Å²) in [5, 5.41) is 3.38. The van der Waals surface area contributed by atoms with Crippen molar-refractivity contribution < 1.29 is 14.2 Å². The maximum atomic E-state index is 5.48. The van der Waals surface area contributed by atoms with Crippen molar-refractivity contribution in [3.8, 4) is 11.5 Å². The molecule has 18 heavy (non-hydrogen) atoms. The molecule has 1 aromatic rings. The summed E-state index contributed by atoms with van der Waals surface area (Å²) in [5.74, 6) is 1.56. The third-order valence-electron chi connectivity index (χ3n) is 2.60. The van der Waals surface area contributed by atoms with Crippen LogP contribution < -0.4 is 14.8 Å². The summed E-state index contributed by atoms with van der Waals surface area (Å²) in [6.07, 6.45) is 0. The second-order valence-corrected chi connectivity index (χ2v) is 4.16. The largest absolute Gasteiger partial charge is 0.493 e. The van der Waals surface area contributed by atoms with Crippen molar-refractivity contribution in [3.05, 3.63) is 23.8 Å². The average Bonchev–Trinajstić information content (AvgIpc) is 2.38. The molecule has 0 saturated carbocycles. The molecule has 0 fully saturated rings. The number of hydrogen-bond acceptors (Lipinski definition) is 4. The average molecular weight is 253 g/mol. The lowest BCUT2D eigenvalue weighted by Gasteiger charge is -2.14. The Morgan fingerprint density at radius 1 is 1.22 bits per heavy atom. The van der Waals surface area contributed by atoms with Gasteiger partial charge in [-0.3, -0.25) is 0 Å². The van der Waals surface area contributed by atoms with Crippen LogP contribution in [0.2, 0.25) is 0 Å². The number of hydrogen-bond donors (Lipinski definition) is 1. The van der Waals surface area contributed by atoms with Gasteiger partial charge in [0.1, 0.15) is 0 Å². The van der Waals surface area contributed by atoms with E-state index in [1.807, 2.05) is 25.1 Å². The van der Waals surface area contributed by atoms with Gasteiger partial charge in [-0.2, -0.15) is 0 Å². The molecule has 0 amide bonds. The minimum Gasteiger partial charge on any atom is -0.493 e. The van der Waals surface area contributed by atoms with Crippen molar-refractivity contribution in [3.63, 3.8) is 0 Å². The van der Waals surface area contributed by atoms with Crippen LogP contribution in [-0.2, 0) is 11.3 Å². The van der Waals surface area contributed by atoms with Gasteiger partial charge in [-0.05, 0) is 31.5 Å². The molecule has 0 aromatic heterocycles. The van der Waals surface area contributed by atoms with Gasteiger partial charge in [-0.15, -0.1) is 0 Å². The van der Waals surface area contributed by atoms with Crippen molar-refractivity contribution in [1.82, 2.24) is 5.32 Å². The lowest BCUT2D eigenvalue weighted by molar-refractivity contribution is 0.171. The fourth-order valence-electron chi connectivity index (χ4n) is 1.70. The van der Waals surface area contributed by atoms with Crippen LogP contribution in [0.1, 0.15) is 19.4 Å². The molecular formula is C14H23NO3. The summed E-state index contributed by atoms with van der Waals surface area (Å²) in [6.45, 7) is 6.18. The van der Waals surface area contributed by atoms with Gasteiger partial charge >= 0.3 is 0 Å². The van der Waals surface area contributed by atoms with Gasteiger partial charge in [0.25, 0.3) is 0 Å². The van der Waals surface area contributed by atoms with Gasteiger partial charge in [0.2, 0.25) is 0 Å². The number of methoxy groups -OCH3 is 2. The third kappa shape index (κ3) is 4.55. The van der Waals surface area contributed by atoms with E-state index in [9.17, 15) is 0 Å². The van der Waals surface area contributed by atoms with Crippen molar-refractivity contribution >= 4 is 0 Å². The minimum absolute atomic E-state index is 0.326. The Morgan fingerprint density at radius 2 is 2.00 bits per heavy atom. The summed E-state index contributed by atoms with van der Waals surface area (Å²) >= 11 is 0. The highest BCUT2D eigenvalue weighted by molar-refractivity contribution is 5.42. The van der Waals surface area contributed by atoms with Crippen LogP contribution in [0, 0.1) is 0 Å². The highest BCUT2D eigenvalue weighted by Gasteiger charge is 2.06. The molecule has 0 heterocycles. The highest BCUT2D eigenvalue weighted by atomic mass is 16.5. The molecule has 0 aliphatic carbocycles. The molecule has 1 unspecified atom stereocenters. The maximum absolute atomic E-state index is 5.48. The lowest BCUT2D eigenvalue weighted by Crippen LogP contribution is -2.29. The summed E-state index contributed by atoms with van der Waals surface area (Å²) in [6, 6.07) is 6.31. The summed E-state index contributed by atoms with van der Waals surface area (Å²) < 4.78 is 15.9. The van der Waals surface area contributed by atoms with E-state index < -0.39 is 0 Å². The molecule has 0 aliphatic rings. The third-order valence-corrected chi connectivity index (χ3v) is 2.60. The number of rotatable bonds is 8. The quantitative estimate of drug-likeness (QED) is 0.771. The van der Waals surface area contributed by atoms with Crippen molar-refractivity contribution in [2.75, 3.05) is 27.4 Å². The van der Waals surface area contributed by atoms with Crippen molar-refractivity contribution in [2.24, 2.45) is 0 Å². The van der Waals surface area contributed by atoms with Crippen LogP contribution in [0.3, 0.4) is 0 Å². The Hall–Kier alpha value is -1.26. The van der Waals surface area contributed by atoms with Crippen molar-refractivity contribution in [1.29, 1.82) is 0 Å². The van der Waals surface area contributed by atoms with E-state index in [-0.39, 0.29) is 0 Å². The van der Waals surface area contributed by atoms with Gasteiger partial charge in [-0.1, -0.05) is 6.07 Å². The molecule has 0 radical (unpaired) electrons. The van der Waals surface area contributed by atoms with Gasteiger partial charge in [0, 0.05) is 19.7 Å². The van der Waals surface area contributed by atoms with Crippen LogP contribution >= 0.6 is 0 Å². The van der Waals surface area contributed by atoms with Crippen molar-refractivity contribution in [2.45, 2.75) is 26.4 Å². The Kier molecular flexibility index (Phi) is 6.54.